The van der Waals surface area contributed by atoms with Gasteiger partial charge in [-0.1, -0.05) is 19.4 Å². The van der Waals surface area contributed by atoms with Gasteiger partial charge >= 0.3 is 0 Å². The van der Waals surface area contributed by atoms with E-state index in [0.717, 1.165) is 16.8 Å². The van der Waals surface area contributed by atoms with E-state index in [1.807, 2.05) is 6.92 Å². The van der Waals surface area contributed by atoms with Gasteiger partial charge in [0, 0.05) is 6.54 Å². The second kappa shape index (κ2) is 6.53. The molecule has 0 unspecified atom stereocenters. The molecular weight excluding hydrogens is 268 g/mol. The number of rotatable bonds is 7. The minimum absolute atomic E-state index is 0.0511. The molecule has 1 amide bonds. The first-order chi connectivity index (χ1) is 8.87. The van der Waals surface area contributed by atoms with Crippen LogP contribution >= 0.6 is 0 Å². The summed E-state index contributed by atoms with van der Waals surface area (Å²) in [6, 6.07) is 5.33. The first-order valence-electron chi connectivity index (χ1n) is 5.95. The van der Waals surface area contributed by atoms with Gasteiger partial charge < -0.3 is 10.8 Å². The van der Waals surface area contributed by atoms with Gasteiger partial charge in [-0.05, 0) is 24.6 Å². The molecule has 3 N–H and O–H groups in total. The van der Waals surface area contributed by atoms with E-state index in [9.17, 15) is 18.3 Å². The van der Waals surface area contributed by atoms with E-state index in [0.29, 0.717) is 6.42 Å². The fourth-order valence-electron chi connectivity index (χ4n) is 1.59. The van der Waals surface area contributed by atoms with Crippen molar-refractivity contribution in [1.29, 1.82) is 0 Å². The van der Waals surface area contributed by atoms with E-state index in [4.69, 9.17) is 5.73 Å². The lowest BCUT2D eigenvalue weighted by atomic mass is 10.3. The zero-order valence-electron chi connectivity index (χ0n) is 10.7. The van der Waals surface area contributed by atoms with Gasteiger partial charge in [-0.2, -0.15) is 4.31 Å². The number of nitrogens with zero attached hydrogens (tertiary/aromatic N) is 1. The number of amides is 1. The third kappa shape index (κ3) is 4.22. The van der Waals surface area contributed by atoms with Crippen LogP contribution in [-0.4, -0.2) is 36.8 Å². The summed E-state index contributed by atoms with van der Waals surface area (Å²) in [5, 5.41) is 9.34. The molecule has 19 heavy (non-hydrogen) atoms. The Bertz CT molecular complexity index is 542. The van der Waals surface area contributed by atoms with Crippen LogP contribution in [0.2, 0.25) is 0 Å². The lowest BCUT2D eigenvalue weighted by Gasteiger charge is -2.20. The summed E-state index contributed by atoms with van der Waals surface area (Å²) in [7, 11) is -3.82. The van der Waals surface area contributed by atoms with Crippen molar-refractivity contribution < 1.29 is 18.3 Å². The van der Waals surface area contributed by atoms with E-state index < -0.39 is 15.9 Å². The summed E-state index contributed by atoms with van der Waals surface area (Å²) in [6.07, 6.45) is 1.43. The lowest BCUT2D eigenvalue weighted by molar-refractivity contribution is -0.118. The summed E-state index contributed by atoms with van der Waals surface area (Å²) in [4.78, 5) is 10.9. The number of phenols is 1. The van der Waals surface area contributed by atoms with Gasteiger partial charge in [0.1, 0.15) is 5.75 Å². The monoisotopic (exact) mass is 286 g/mol. The van der Waals surface area contributed by atoms with Crippen LogP contribution in [0.25, 0.3) is 0 Å². The Morgan fingerprint density at radius 1 is 1.42 bits per heavy atom. The highest BCUT2D eigenvalue weighted by atomic mass is 32.2. The van der Waals surface area contributed by atoms with Crippen LogP contribution in [0.1, 0.15) is 19.8 Å². The molecule has 0 aliphatic carbocycles. The predicted octanol–water partition coefficient (Wildman–Crippen LogP) is 0.668. The summed E-state index contributed by atoms with van der Waals surface area (Å²) in [5.41, 5.74) is 5.08. The van der Waals surface area contributed by atoms with Gasteiger partial charge in [0.15, 0.2) is 0 Å². The van der Waals surface area contributed by atoms with Gasteiger partial charge in [0.05, 0.1) is 11.4 Å². The molecule has 0 spiro atoms. The standard InChI is InChI=1S/C12H18N2O4S/c1-2-3-7-14(9-12(13)16)19(17,18)11-6-4-5-10(15)8-11/h4-6,8,15H,2-3,7,9H2,1H3,(H2,13,16). The minimum Gasteiger partial charge on any atom is -0.508 e. The van der Waals surface area contributed by atoms with Crippen molar-refractivity contribution in [2.24, 2.45) is 5.73 Å². The number of hydrogen-bond donors (Lipinski definition) is 2. The number of primary amides is 1. The molecule has 1 aromatic rings. The molecule has 106 valence electrons. The Kier molecular flexibility index (Phi) is 5.31. The molecule has 0 radical (unpaired) electrons. The fraction of sp³-hybridized carbons (Fsp3) is 0.417. The minimum atomic E-state index is -3.82. The van der Waals surface area contributed by atoms with Crippen LogP contribution in [0.5, 0.6) is 5.75 Å². The average Bonchev–Trinajstić information content (AvgIpc) is 2.34. The molecule has 0 saturated heterocycles. The van der Waals surface area contributed by atoms with Gasteiger partial charge in [-0.25, -0.2) is 8.42 Å². The second-order valence-electron chi connectivity index (χ2n) is 4.16. The maximum atomic E-state index is 12.3. The quantitative estimate of drug-likeness (QED) is 0.769. The summed E-state index contributed by atoms with van der Waals surface area (Å²) < 4.78 is 25.7. The van der Waals surface area contributed by atoms with E-state index >= 15 is 0 Å². The molecule has 7 heteroatoms. The van der Waals surface area contributed by atoms with Crippen LogP contribution in [0.3, 0.4) is 0 Å². The number of unbranched alkanes of at least 4 members (excludes halogenated alkanes) is 1. The van der Waals surface area contributed by atoms with Gasteiger partial charge in [0.2, 0.25) is 15.9 Å². The number of carbonyl (C=O) groups is 1. The Hall–Kier alpha value is -1.60. The van der Waals surface area contributed by atoms with Crippen LogP contribution < -0.4 is 5.73 Å². The summed E-state index contributed by atoms with van der Waals surface area (Å²) in [5.74, 6) is -0.851. The van der Waals surface area contributed by atoms with Crippen LogP contribution in [0.15, 0.2) is 29.2 Å². The molecule has 0 saturated carbocycles. The van der Waals surface area contributed by atoms with Crippen molar-refractivity contribution in [3.8, 4) is 5.75 Å². The highest BCUT2D eigenvalue weighted by Gasteiger charge is 2.25. The fourth-order valence-corrected chi connectivity index (χ4v) is 3.07. The van der Waals surface area contributed by atoms with Gasteiger partial charge in [-0.3, -0.25) is 4.79 Å². The highest BCUT2D eigenvalue weighted by molar-refractivity contribution is 7.89. The van der Waals surface area contributed by atoms with Crippen molar-refractivity contribution in [1.82, 2.24) is 4.31 Å². The number of benzene rings is 1. The van der Waals surface area contributed by atoms with Crippen molar-refractivity contribution in [3.63, 3.8) is 0 Å². The van der Waals surface area contributed by atoms with E-state index in [-0.39, 0.29) is 23.7 Å². The number of carbonyl (C=O) groups excluding carboxylic acids is 1. The largest absolute Gasteiger partial charge is 0.508 e. The van der Waals surface area contributed by atoms with Crippen LogP contribution in [-0.2, 0) is 14.8 Å². The van der Waals surface area contributed by atoms with Crippen molar-refractivity contribution in [2.75, 3.05) is 13.1 Å². The van der Waals surface area contributed by atoms with Crippen molar-refractivity contribution in [3.05, 3.63) is 24.3 Å². The number of aromatic hydroxyl groups is 1. The zero-order chi connectivity index (χ0) is 14.5. The molecule has 0 atom stereocenters. The third-order valence-electron chi connectivity index (χ3n) is 2.55. The molecule has 0 aliphatic rings. The molecule has 0 bridgehead atoms. The van der Waals surface area contributed by atoms with E-state index in [1.165, 1.54) is 18.2 Å². The number of nitrogens with two attached hydrogens (primary N) is 1. The number of phenolic OH excluding ortho intramolecular Hbond substituents is 1. The van der Waals surface area contributed by atoms with Gasteiger partial charge in [-0.15, -0.1) is 0 Å². The Labute approximate surface area is 112 Å². The van der Waals surface area contributed by atoms with E-state index in [2.05, 4.69) is 0 Å². The topological polar surface area (TPSA) is 101 Å². The predicted molar refractivity (Wildman–Crippen MR) is 71.0 cm³/mol. The smallest absolute Gasteiger partial charge is 0.243 e. The van der Waals surface area contributed by atoms with Gasteiger partial charge in [0.25, 0.3) is 0 Å². The zero-order valence-corrected chi connectivity index (χ0v) is 11.6. The SMILES string of the molecule is CCCCN(CC(N)=O)S(=O)(=O)c1cccc(O)c1. The molecule has 1 aromatic carbocycles. The van der Waals surface area contributed by atoms with Crippen LogP contribution in [0, 0.1) is 0 Å². The molecule has 0 aliphatic heterocycles. The molecule has 0 aromatic heterocycles. The maximum Gasteiger partial charge on any atom is 0.243 e. The Morgan fingerprint density at radius 3 is 2.63 bits per heavy atom. The molecule has 6 nitrogen and oxygen atoms in total. The maximum absolute atomic E-state index is 12.3. The van der Waals surface area contributed by atoms with E-state index in [1.54, 1.807) is 0 Å². The van der Waals surface area contributed by atoms with Crippen molar-refractivity contribution >= 4 is 15.9 Å². The third-order valence-corrected chi connectivity index (χ3v) is 4.39. The molecule has 0 fully saturated rings. The number of hydrogen-bond acceptors (Lipinski definition) is 4. The second-order valence-corrected chi connectivity index (χ2v) is 6.09. The first kappa shape index (κ1) is 15.5. The number of sulfonamides is 1. The molecule has 1 rings (SSSR count). The lowest BCUT2D eigenvalue weighted by Crippen LogP contribution is -2.39. The molecular formula is C12H18N2O4S. The Morgan fingerprint density at radius 2 is 2.11 bits per heavy atom. The highest BCUT2D eigenvalue weighted by Crippen LogP contribution is 2.20. The van der Waals surface area contributed by atoms with Crippen LogP contribution in [0.4, 0.5) is 0 Å². The average molecular weight is 286 g/mol. The van der Waals surface area contributed by atoms with Crippen molar-refractivity contribution in [2.45, 2.75) is 24.7 Å². The Balaban J connectivity index is 3.07. The molecule has 0 heterocycles. The summed E-state index contributed by atoms with van der Waals surface area (Å²) in [6.45, 7) is 1.78. The normalized spacial score (nSPS) is 11.7. The first-order valence-corrected chi connectivity index (χ1v) is 7.39. The summed E-state index contributed by atoms with van der Waals surface area (Å²) >= 11 is 0.